The summed E-state index contributed by atoms with van der Waals surface area (Å²) in [5.41, 5.74) is 0. The zero-order valence-electron chi connectivity index (χ0n) is 4.41. The van der Waals surface area contributed by atoms with E-state index in [1.165, 1.54) is 10.2 Å². The number of hydrogen-bond donors (Lipinski definition) is 0. The summed E-state index contributed by atoms with van der Waals surface area (Å²) in [6, 6.07) is 0. The first-order chi connectivity index (χ1) is 2.41. The van der Waals surface area contributed by atoms with Crippen molar-refractivity contribution in [3.63, 3.8) is 0 Å². The second kappa shape index (κ2) is 198. The Hall–Kier alpha value is 0.177. The monoisotopic (exact) mass is 140 g/mol. The van der Waals surface area contributed by atoms with E-state index in [9.17, 15) is 0 Å². The van der Waals surface area contributed by atoms with Crippen LogP contribution in [0.4, 0.5) is 0 Å². The third-order valence-corrected chi connectivity index (χ3v) is 0. The molecule has 0 radical (unpaired) electrons. The van der Waals surface area contributed by atoms with Crippen molar-refractivity contribution in [2.45, 2.75) is 28.8 Å². The van der Waals surface area contributed by atoms with Crippen molar-refractivity contribution in [1.82, 2.24) is 0 Å². The predicted octanol–water partition coefficient (Wildman–Crippen LogP) is 1.57. The summed E-state index contributed by atoms with van der Waals surface area (Å²) in [4.78, 5) is 0. The lowest BCUT2D eigenvalue weighted by molar-refractivity contribution is 0.277. The summed E-state index contributed by atoms with van der Waals surface area (Å²) in [6.45, 7) is 2.14. The molecule has 0 aromatic heterocycles. The van der Waals surface area contributed by atoms with Gasteiger partial charge in [0.2, 0.25) is 0 Å². The normalized spacial score (nSPS) is 3.38. The fraction of sp³-hybridized carbons (Fsp3) is 1.00. The van der Waals surface area contributed by atoms with Crippen LogP contribution in [0.3, 0.4) is 0 Å². The molecule has 8 heavy (non-hydrogen) atoms. The summed E-state index contributed by atoms with van der Waals surface area (Å²) < 4.78 is 4.25. The maximum atomic E-state index is 4.25. The van der Waals surface area contributed by atoms with E-state index >= 15 is 0 Å². The van der Waals surface area contributed by atoms with Crippen LogP contribution in [0.2, 0.25) is 6.55 Å². The average Bonchev–Trinajstić information content (AvgIpc) is 1.46. The molecule has 0 aliphatic heterocycles. The number of hydrogen-bond acceptors (Lipinski definition) is 1. The van der Waals surface area contributed by atoms with E-state index in [2.05, 4.69) is 11.3 Å². The molecule has 0 aliphatic rings. The molecule has 0 aromatic rings. The molecule has 0 atom stereocenters. The molecule has 58 valence electrons. The van der Waals surface area contributed by atoms with Crippen LogP contribution in [0.1, 0.15) is 22.3 Å². The first-order valence-electron chi connectivity index (χ1n) is 1.82. The second-order valence-electron chi connectivity index (χ2n) is 0.408. The van der Waals surface area contributed by atoms with Crippen LogP contribution in [0.15, 0.2) is 0 Å². The predicted molar refractivity (Wildman–Crippen MR) is 48.9 cm³/mol. The molecule has 0 amide bonds. The molecule has 0 spiro atoms. The Morgan fingerprint density at radius 1 is 0.875 bits per heavy atom. The van der Waals surface area contributed by atoms with E-state index in [0.717, 1.165) is 0 Å². The van der Waals surface area contributed by atoms with Crippen molar-refractivity contribution in [1.29, 1.82) is 0 Å². The van der Waals surface area contributed by atoms with Crippen molar-refractivity contribution in [3.8, 4) is 0 Å². The molecule has 0 bridgehead atoms. The summed E-state index contributed by atoms with van der Waals surface area (Å²) in [7, 11) is 4.56. The number of ether oxygens (including phenoxy) is 1. The number of rotatable bonds is 0. The van der Waals surface area contributed by atoms with Crippen LogP contribution in [-0.4, -0.2) is 24.5 Å². The van der Waals surface area contributed by atoms with Gasteiger partial charge in [0.05, 0.1) is 0 Å². The lowest BCUT2D eigenvalue weighted by atomic mass is 11.6. The van der Waals surface area contributed by atoms with Gasteiger partial charge < -0.3 is 4.74 Å². The third-order valence-electron chi connectivity index (χ3n) is 0. The van der Waals surface area contributed by atoms with Gasteiger partial charge in [-0.05, 0) is 10.2 Å². The van der Waals surface area contributed by atoms with Gasteiger partial charge in [0.15, 0.2) is 0 Å². The van der Waals surface area contributed by atoms with Crippen LogP contribution in [0.5, 0.6) is 0 Å². The van der Waals surface area contributed by atoms with Crippen LogP contribution < -0.4 is 0 Å². The van der Waals surface area contributed by atoms with Gasteiger partial charge in [-0.15, -0.1) is 0 Å². The van der Waals surface area contributed by atoms with Crippen molar-refractivity contribution >= 4 is 10.2 Å². The highest BCUT2D eigenvalue weighted by Gasteiger charge is 1.25. The Balaban J connectivity index is -0.00000000567. The van der Waals surface area contributed by atoms with E-state index in [0.29, 0.717) is 0 Å². The smallest absolute Gasteiger partial charge is 0.0351 e. The van der Waals surface area contributed by atoms with Crippen LogP contribution in [-0.2, 0) is 4.74 Å². The fourth-order valence-corrected chi connectivity index (χ4v) is 0. The van der Waals surface area contributed by atoms with Crippen molar-refractivity contribution < 1.29 is 4.74 Å². The molecule has 0 aliphatic carbocycles. The molecule has 0 saturated carbocycles. The number of methoxy groups -OCH3 is 1. The van der Waals surface area contributed by atoms with Gasteiger partial charge in [-0.3, -0.25) is 0 Å². The fourth-order valence-electron chi connectivity index (χ4n) is 0. The summed E-state index contributed by atoms with van der Waals surface area (Å²) >= 11 is 0. The summed E-state index contributed by atoms with van der Waals surface area (Å²) in [6.07, 6.45) is 0. The van der Waals surface area contributed by atoms with Crippen molar-refractivity contribution in [3.05, 3.63) is 0 Å². The van der Waals surface area contributed by atoms with E-state index in [-0.39, 0.29) is 22.3 Å². The van der Waals surface area contributed by atoms with E-state index in [1.807, 2.05) is 0 Å². The third kappa shape index (κ3) is 5290. The SMILES string of the molecule is C.C.C.COC.C[SiH3]. The first-order valence-corrected chi connectivity index (χ1v) is 3.82. The van der Waals surface area contributed by atoms with Crippen LogP contribution in [0, 0.1) is 0 Å². The molecule has 0 N–H and O–H groups in total. The Morgan fingerprint density at radius 2 is 0.875 bits per heavy atom. The van der Waals surface area contributed by atoms with Crippen LogP contribution in [0.25, 0.3) is 0 Å². The van der Waals surface area contributed by atoms with Crippen molar-refractivity contribution in [2.75, 3.05) is 14.2 Å². The molecule has 0 fully saturated rings. The minimum Gasteiger partial charge on any atom is -0.388 e. The highest BCUT2D eigenvalue weighted by atomic mass is 28.1. The molecule has 0 heterocycles. The standard InChI is InChI=1S/C2H6O.CH6Si.3CH4/c1-3-2;1-2;;;/h1-2H3;1-2H3;3*1H4. The van der Waals surface area contributed by atoms with Gasteiger partial charge >= 0.3 is 0 Å². The molecule has 0 unspecified atom stereocenters. The minimum absolute atomic E-state index is 0. The largest absolute Gasteiger partial charge is 0.388 e. The Morgan fingerprint density at radius 3 is 0.875 bits per heavy atom. The molecule has 2 heteroatoms. The Bertz CT molecular complexity index is 8.49. The molecule has 0 saturated heterocycles. The molecular weight excluding hydrogens is 116 g/mol. The van der Waals surface area contributed by atoms with E-state index in [4.69, 9.17) is 0 Å². The zero-order valence-corrected chi connectivity index (χ0v) is 6.41. The summed E-state index contributed by atoms with van der Waals surface area (Å²) in [5, 5.41) is 0. The molecule has 0 rings (SSSR count). The molecular formula is C6H24OSi. The first kappa shape index (κ1) is 41.7. The molecule has 0 aromatic carbocycles. The zero-order chi connectivity index (χ0) is 4.71. The van der Waals surface area contributed by atoms with Gasteiger partial charge in [-0.25, -0.2) is 0 Å². The Labute approximate surface area is 58.9 Å². The van der Waals surface area contributed by atoms with Crippen molar-refractivity contribution in [2.24, 2.45) is 0 Å². The average molecular weight is 140 g/mol. The quantitative estimate of drug-likeness (QED) is 0.464. The maximum Gasteiger partial charge on any atom is 0.0351 e. The lowest BCUT2D eigenvalue weighted by Gasteiger charge is -1.61. The maximum absolute atomic E-state index is 4.25. The Kier molecular flexibility index (Phi) is 1030. The minimum atomic E-state index is 0. The second-order valence-corrected chi connectivity index (χ2v) is 0.408. The topological polar surface area (TPSA) is 9.23 Å². The highest BCUT2D eigenvalue weighted by Crippen LogP contribution is 1.28. The van der Waals surface area contributed by atoms with Gasteiger partial charge in [0.1, 0.15) is 0 Å². The lowest BCUT2D eigenvalue weighted by Crippen LogP contribution is -1.55. The van der Waals surface area contributed by atoms with Gasteiger partial charge in [-0.2, -0.15) is 0 Å². The van der Waals surface area contributed by atoms with E-state index in [1.54, 1.807) is 14.2 Å². The highest BCUT2D eigenvalue weighted by molar-refractivity contribution is 6.05. The summed E-state index contributed by atoms with van der Waals surface area (Å²) in [5.74, 6) is 0. The van der Waals surface area contributed by atoms with Gasteiger partial charge in [-0.1, -0.05) is 28.8 Å². The molecule has 1 nitrogen and oxygen atoms in total. The van der Waals surface area contributed by atoms with Gasteiger partial charge in [0, 0.05) is 14.2 Å². The van der Waals surface area contributed by atoms with Gasteiger partial charge in [0.25, 0.3) is 0 Å². The van der Waals surface area contributed by atoms with Crippen LogP contribution >= 0.6 is 0 Å². The van der Waals surface area contributed by atoms with E-state index < -0.39 is 0 Å².